The summed E-state index contributed by atoms with van der Waals surface area (Å²) in [6, 6.07) is 24.5. The lowest BCUT2D eigenvalue weighted by Crippen LogP contribution is -2.37. The maximum Gasteiger partial charge on any atom is 0.326 e. The molecule has 3 rings (SSSR count). The summed E-state index contributed by atoms with van der Waals surface area (Å²) in [5.74, 6) is 1.52. The number of ether oxygens (including phenoxy) is 1. The lowest BCUT2D eigenvalue weighted by Gasteiger charge is -2.24. The monoisotopic (exact) mass is 487 g/mol. The molecule has 0 aliphatic rings. The van der Waals surface area contributed by atoms with Crippen LogP contribution in [0.15, 0.2) is 78.9 Å². The molecule has 0 fully saturated rings. The van der Waals surface area contributed by atoms with Gasteiger partial charge in [-0.15, -0.1) is 0 Å². The van der Waals surface area contributed by atoms with E-state index in [9.17, 15) is 9.59 Å². The third-order valence-corrected chi connectivity index (χ3v) is 5.78. The summed E-state index contributed by atoms with van der Waals surface area (Å²) >= 11 is 0. The highest BCUT2D eigenvalue weighted by atomic mass is 16.5. The lowest BCUT2D eigenvalue weighted by atomic mass is 10.1. The predicted molar refractivity (Wildman–Crippen MR) is 147 cm³/mol. The van der Waals surface area contributed by atoms with Crippen LogP contribution in [-0.2, 0) is 4.79 Å². The third kappa shape index (κ3) is 9.10. The zero-order valence-electron chi connectivity index (χ0n) is 21.3. The SMILES string of the molecule is CCCCCCC(=O)NCCCN(C(=O)Nc1cccc(C)c1)c1ccc(Oc2ccccc2)cc1. The first kappa shape index (κ1) is 26.8. The summed E-state index contributed by atoms with van der Waals surface area (Å²) in [6.07, 6.45) is 5.52. The highest BCUT2D eigenvalue weighted by Gasteiger charge is 2.16. The Morgan fingerprint density at radius 2 is 1.58 bits per heavy atom. The molecule has 2 N–H and O–H groups in total. The van der Waals surface area contributed by atoms with Gasteiger partial charge in [-0.3, -0.25) is 9.69 Å². The van der Waals surface area contributed by atoms with E-state index in [4.69, 9.17) is 4.74 Å². The van der Waals surface area contributed by atoms with Crippen LogP contribution in [0.25, 0.3) is 0 Å². The average Bonchev–Trinajstić information content (AvgIpc) is 2.88. The normalized spacial score (nSPS) is 10.5. The molecule has 0 saturated heterocycles. The summed E-state index contributed by atoms with van der Waals surface area (Å²) in [5.41, 5.74) is 2.57. The van der Waals surface area contributed by atoms with E-state index in [0.29, 0.717) is 31.7 Å². The van der Waals surface area contributed by atoms with E-state index >= 15 is 0 Å². The van der Waals surface area contributed by atoms with Crippen LogP contribution in [0.4, 0.5) is 16.2 Å². The standard InChI is InChI=1S/C30H37N3O3/c1-3-4-5-9-16-29(34)31-21-11-22-33(30(35)32-25-13-10-12-24(2)23-25)26-17-19-28(20-18-26)36-27-14-7-6-8-15-27/h6-8,10,12-15,17-20,23H,3-5,9,11,16,21-22H2,1-2H3,(H,31,34)(H,32,35). The van der Waals surface area contributed by atoms with Gasteiger partial charge < -0.3 is 15.4 Å². The number of unbranched alkanes of at least 4 members (excludes halogenated alkanes) is 3. The molecule has 0 radical (unpaired) electrons. The second kappa shape index (κ2) is 14.6. The summed E-state index contributed by atoms with van der Waals surface area (Å²) in [6.45, 7) is 5.14. The van der Waals surface area contributed by atoms with Crippen LogP contribution in [-0.4, -0.2) is 25.0 Å². The van der Waals surface area contributed by atoms with Gasteiger partial charge in [-0.2, -0.15) is 0 Å². The van der Waals surface area contributed by atoms with E-state index in [-0.39, 0.29) is 11.9 Å². The Balaban J connectivity index is 1.61. The van der Waals surface area contributed by atoms with Crippen molar-refractivity contribution in [3.8, 4) is 11.5 Å². The summed E-state index contributed by atoms with van der Waals surface area (Å²) in [7, 11) is 0. The Kier molecular flexibility index (Phi) is 10.8. The van der Waals surface area contributed by atoms with E-state index in [1.54, 1.807) is 4.90 Å². The van der Waals surface area contributed by atoms with Crippen molar-refractivity contribution in [3.63, 3.8) is 0 Å². The molecule has 0 spiro atoms. The van der Waals surface area contributed by atoms with Crippen LogP contribution in [0.1, 0.15) is 51.0 Å². The van der Waals surface area contributed by atoms with Crippen LogP contribution in [0.5, 0.6) is 11.5 Å². The molecule has 0 aromatic heterocycles. The largest absolute Gasteiger partial charge is 0.457 e. The van der Waals surface area contributed by atoms with E-state index in [2.05, 4.69) is 17.6 Å². The number of hydrogen-bond donors (Lipinski definition) is 2. The van der Waals surface area contributed by atoms with Gasteiger partial charge in [0.15, 0.2) is 0 Å². The smallest absolute Gasteiger partial charge is 0.326 e. The molecule has 0 heterocycles. The van der Waals surface area contributed by atoms with Crippen LogP contribution < -0.4 is 20.3 Å². The molecular weight excluding hydrogens is 450 g/mol. The van der Waals surface area contributed by atoms with Gasteiger partial charge in [0.1, 0.15) is 11.5 Å². The molecule has 3 amide bonds. The number of hydrogen-bond acceptors (Lipinski definition) is 3. The Bertz CT molecular complexity index is 1080. The maximum atomic E-state index is 13.2. The number of para-hydroxylation sites is 1. The first-order valence-electron chi connectivity index (χ1n) is 12.8. The number of nitrogens with zero attached hydrogens (tertiary/aromatic N) is 1. The zero-order valence-corrected chi connectivity index (χ0v) is 21.3. The summed E-state index contributed by atoms with van der Waals surface area (Å²) in [5, 5.41) is 5.98. The fourth-order valence-electron chi connectivity index (χ4n) is 3.85. The van der Waals surface area contributed by atoms with E-state index in [0.717, 1.165) is 48.4 Å². The van der Waals surface area contributed by atoms with Crippen molar-refractivity contribution in [2.24, 2.45) is 0 Å². The number of urea groups is 1. The minimum absolute atomic E-state index is 0.0734. The van der Waals surface area contributed by atoms with Gasteiger partial charge in [0.05, 0.1) is 0 Å². The fraction of sp³-hybridized carbons (Fsp3) is 0.333. The van der Waals surface area contributed by atoms with E-state index in [1.807, 2.05) is 85.8 Å². The predicted octanol–water partition coefficient (Wildman–Crippen LogP) is 7.30. The Hall–Kier alpha value is -3.80. The molecule has 0 atom stereocenters. The van der Waals surface area contributed by atoms with Crippen LogP contribution in [0.3, 0.4) is 0 Å². The lowest BCUT2D eigenvalue weighted by molar-refractivity contribution is -0.121. The molecule has 0 saturated carbocycles. The Morgan fingerprint density at radius 1 is 0.833 bits per heavy atom. The summed E-state index contributed by atoms with van der Waals surface area (Å²) in [4.78, 5) is 27.0. The average molecular weight is 488 g/mol. The molecular formula is C30H37N3O3. The molecule has 6 nitrogen and oxygen atoms in total. The number of aryl methyl sites for hydroxylation is 1. The number of carbonyl (C=O) groups is 2. The number of carbonyl (C=O) groups excluding carboxylic acids is 2. The minimum atomic E-state index is -0.219. The number of amides is 3. The molecule has 0 aliphatic heterocycles. The van der Waals surface area contributed by atoms with Crippen LogP contribution in [0, 0.1) is 6.92 Å². The molecule has 190 valence electrons. The molecule has 6 heteroatoms. The van der Waals surface area contributed by atoms with Gasteiger partial charge >= 0.3 is 6.03 Å². The molecule has 0 unspecified atom stereocenters. The van der Waals surface area contributed by atoms with Crippen LogP contribution in [0.2, 0.25) is 0 Å². The van der Waals surface area contributed by atoms with Crippen molar-refractivity contribution in [3.05, 3.63) is 84.4 Å². The van der Waals surface area contributed by atoms with E-state index < -0.39 is 0 Å². The number of nitrogens with one attached hydrogen (secondary N) is 2. The van der Waals surface area contributed by atoms with E-state index in [1.165, 1.54) is 0 Å². The van der Waals surface area contributed by atoms with Crippen molar-refractivity contribution in [1.82, 2.24) is 5.32 Å². The minimum Gasteiger partial charge on any atom is -0.457 e. The molecule has 3 aromatic carbocycles. The van der Waals surface area contributed by atoms with Crippen molar-refractivity contribution < 1.29 is 14.3 Å². The third-order valence-electron chi connectivity index (χ3n) is 5.78. The van der Waals surface area contributed by atoms with Gasteiger partial charge in [0.25, 0.3) is 0 Å². The number of anilines is 2. The number of benzene rings is 3. The van der Waals surface area contributed by atoms with Gasteiger partial charge in [-0.25, -0.2) is 4.79 Å². The highest BCUT2D eigenvalue weighted by molar-refractivity contribution is 6.01. The first-order valence-corrected chi connectivity index (χ1v) is 12.8. The Labute approximate surface area is 214 Å². The van der Waals surface area contributed by atoms with Gasteiger partial charge in [-0.05, 0) is 73.9 Å². The van der Waals surface area contributed by atoms with Crippen LogP contribution >= 0.6 is 0 Å². The molecule has 3 aromatic rings. The maximum absolute atomic E-state index is 13.2. The highest BCUT2D eigenvalue weighted by Crippen LogP contribution is 2.25. The first-order chi connectivity index (χ1) is 17.5. The topological polar surface area (TPSA) is 70.7 Å². The molecule has 36 heavy (non-hydrogen) atoms. The molecule has 0 aliphatic carbocycles. The summed E-state index contributed by atoms with van der Waals surface area (Å²) < 4.78 is 5.89. The van der Waals surface area contributed by atoms with Crippen molar-refractivity contribution in [1.29, 1.82) is 0 Å². The van der Waals surface area contributed by atoms with Crippen molar-refractivity contribution in [2.45, 2.75) is 52.4 Å². The van der Waals surface area contributed by atoms with Gasteiger partial charge in [0.2, 0.25) is 5.91 Å². The Morgan fingerprint density at radius 3 is 2.31 bits per heavy atom. The van der Waals surface area contributed by atoms with Gasteiger partial charge in [-0.1, -0.05) is 56.5 Å². The van der Waals surface area contributed by atoms with Gasteiger partial charge in [0, 0.05) is 30.9 Å². The fourth-order valence-corrected chi connectivity index (χ4v) is 3.85. The quantitative estimate of drug-likeness (QED) is 0.248. The van der Waals surface area contributed by atoms with Crippen molar-refractivity contribution >= 4 is 23.3 Å². The second-order valence-electron chi connectivity index (χ2n) is 8.87. The molecule has 0 bridgehead atoms. The zero-order chi connectivity index (χ0) is 25.6. The number of rotatable bonds is 13. The second-order valence-corrected chi connectivity index (χ2v) is 8.87. The van der Waals surface area contributed by atoms with Crippen molar-refractivity contribution in [2.75, 3.05) is 23.3 Å².